The third-order valence-electron chi connectivity index (χ3n) is 4.49. The molecule has 4 nitrogen and oxygen atoms in total. The SMILES string of the molecule is Cc1ccc2nc(-c3ccccc3-n3cnc4ccccc43)cn2c1. The van der Waals surface area contributed by atoms with E-state index in [4.69, 9.17) is 4.98 Å². The molecule has 0 aliphatic heterocycles. The van der Waals surface area contributed by atoms with Gasteiger partial charge >= 0.3 is 0 Å². The lowest BCUT2D eigenvalue weighted by atomic mass is 10.1. The third-order valence-corrected chi connectivity index (χ3v) is 4.49. The summed E-state index contributed by atoms with van der Waals surface area (Å²) in [6.45, 7) is 2.09. The molecule has 0 spiro atoms. The Hall–Kier alpha value is -3.40. The van der Waals surface area contributed by atoms with Gasteiger partial charge in [-0.05, 0) is 36.8 Å². The van der Waals surface area contributed by atoms with Gasteiger partial charge in [0.1, 0.15) is 12.0 Å². The Morgan fingerprint density at radius 3 is 2.64 bits per heavy atom. The largest absolute Gasteiger partial charge is 0.306 e. The van der Waals surface area contributed by atoms with Crippen LogP contribution in [0.2, 0.25) is 0 Å². The predicted octanol–water partition coefficient (Wildman–Crippen LogP) is 4.65. The molecular weight excluding hydrogens is 308 g/mol. The smallest absolute Gasteiger partial charge is 0.137 e. The summed E-state index contributed by atoms with van der Waals surface area (Å²) in [5.41, 5.74) is 7.37. The van der Waals surface area contributed by atoms with E-state index in [0.717, 1.165) is 33.6 Å². The molecule has 0 amide bonds. The van der Waals surface area contributed by atoms with Crippen LogP contribution >= 0.6 is 0 Å². The molecular formula is C21H16N4. The van der Waals surface area contributed by atoms with Crippen LogP contribution in [0.25, 0.3) is 33.6 Å². The Bertz CT molecular complexity index is 1210. The minimum atomic E-state index is 0.950. The molecule has 0 N–H and O–H groups in total. The first-order chi connectivity index (χ1) is 12.3. The lowest BCUT2D eigenvalue weighted by Crippen LogP contribution is -1.95. The number of imidazole rings is 2. The van der Waals surface area contributed by atoms with Crippen molar-refractivity contribution >= 4 is 16.7 Å². The Morgan fingerprint density at radius 2 is 1.68 bits per heavy atom. The minimum absolute atomic E-state index is 0.950. The van der Waals surface area contributed by atoms with Gasteiger partial charge in [-0.2, -0.15) is 0 Å². The molecule has 0 atom stereocenters. The molecule has 3 heterocycles. The van der Waals surface area contributed by atoms with Crippen LogP contribution in [0.4, 0.5) is 0 Å². The quantitative estimate of drug-likeness (QED) is 0.474. The summed E-state index contributed by atoms with van der Waals surface area (Å²) in [5, 5.41) is 0. The average Bonchev–Trinajstić information content (AvgIpc) is 3.25. The minimum Gasteiger partial charge on any atom is -0.306 e. The second-order valence-corrected chi connectivity index (χ2v) is 6.22. The molecule has 120 valence electrons. The van der Waals surface area contributed by atoms with Gasteiger partial charge in [-0.3, -0.25) is 4.57 Å². The van der Waals surface area contributed by atoms with Crippen molar-refractivity contribution in [3.63, 3.8) is 0 Å². The zero-order valence-electron chi connectivity index (χ0n) is 13.8. The number of hydrogen-bond donors (Lipinski definition) is 0. The van der Waals surface area contributed by atoms with Crippen LogP contribution in [0.15, 0.2) is 79.4 Å². The van der Waals surface area contributed by atoms with Crippen molar-refractivity contribution in [1.82, 2.24) is 18.9 Å². The molecule has 4 heteroatoms. The fourth-order valence-corrected chi connectivity index (χ4v) is 3.28. The first kappa shape index (κ1) is 14.0. The molecule has 5 aromatic rings. The topological polar surface area (TPSA) is 35.1 Å². The summed E-state index contributed by atoms with van der Waals surface area (Å²) in [4.78, 5) is 9.33. The van der Waals surface area contributed by atoms with Gasteiger partial charge in [0.2, 0.25) is 0 Å². The lowest BCUT2D eigenvalue weighted by Gasteiger charge is -2.09. The van der Waals surface area contributed by atoms with Crippen LogP contribution in [0.1, 0.15) is 5.56 Å². The number of fused-ring (bicyclic) bond motifs is 2. The van der Waals surface area contributed by atoms with Crippen molar-refractivity contribution in [3.05, 3.63) is 84.9 Å². The summed E-state index contributed by atoms with van der Waals surface area (Å²) < 4.78 is 4.20. The van der Waals surface area contributed by atoms with Crippen molar-refractivity contribution in [3.8, 4) is 16.9 Å². The van der Waals surface area contributed by atoms with Crippen LogP contribution in [-0.4, -0.2) is 18.9 Å². The van der Waals surface area contributed by atoms with Crippen molar-refractivity contribution in [1.29, 1.82) is 0 Å². The normalized spacial score (nSPS) is 11.4. The fraction of sp³-hybridized carbons (Fsp3) is 0.0476. The Kier molecular flexibility index (Phi) is 2.97. The molecule has 0 saturated heterocycles. The van der Waals surface area contributed by atoms with Gasteiger partial charge in [0.05, 0.1) is 22.4 Å². The molecule has 2 aromatic carbocycles. The predicted molar refractivity (Wildman–Crippen MR) is 100.0 cm³/mol. The summed E-state index contributed by atoms with van der Waals surface area (Å²) in [6, 6.07) is 20.6. The van der Waals surface area contributed by atoms with E-state index >= 15 is 0 Å². The second-order valence-electron chi connectivity index (χ2n) is 6.22. The molecule has 0 saturated carbocycles. The van der Waals surface area contributed by atoms with Gasteiger partial charge in [0.25, 0.3) is 0 Å². The van der Waals surface area contributed by atoms with Gasteiger partial charge in [-0.25, -0.2) is 9.97 Å². The number of benzene rings is 2. The number of aromatic nitrogens is 4. The molecule has 0 aliphatic rings. The number of para-hydroxylation sites is 3. The number of nitrogens with zero attached hydrogens (tertiary/aromatic N) is 4. The Labute approximate surface area is 145 Å². The van der Waals surface area contributed by atoms with Crippen molar-refractivity contribution in [2.75, 3.05) is 0 Å². The maximum atomic E-state index is 4.80. The molecule has 0 bridgehead atoms. The molecule has 0 aliphatic carbocycles. The van der Waals surface area contributed by atoms with E-state index in [-0.39, 0.29) is 0 Å². The molecule has 0 radical (unpaired) electrons. The van der Waals surface area contributed by atoms with E-state index in [1.165, 1.54) is 5.56 Å². The van der Waals surface area contributed by atoms with Gasteiger partial charge in [0.15, 0.2) is 0 Å². The standard InChI is InChI=1S/C21H16N4/c1-15-10-11-21-23-18(13-24(21)12-15)16-6-2-4-8-19(16)25-14-22-17-7-3-5-9-20(17)25/h2-14H,1H3. The number of rotatable bonds is 2. The van der Waals surface area contributed by atoms with Gasteiger partial charge in [-0.1, -0.05) is 36.4 Å². The van der Waals surface area contributed by atoms with Gasteiger partial charge in [-0.15, -0.1) is 0 Å². The first-order valence-corrected chi connectivity index (χ1v) is 8.27. The maximum Gasteiger partial charge on any atom is 0.137 e. The van der Waals surface area contributed by atoms with Crippen LogP contribution in [0.5, 0.6) is 0 Å². The monoisotopic (exact) mass is 324 g/mol. The Balaban J connectivity index is 1.75. The third kappa shape index (κ3) is 2.22. The van der Waals surface area contributed by atoms with E-state index in [0.29, 0.717) is 0 Å². The second kappa shape index (κ2) is 5.31. The molecule has 0 unspecified atom stereocenters. The van der Waals surface area contributed by atoms with E-state index in [9.17, 15) is 0 Å². The summed E-state index contributed by atoms with van der Waals surface area (Å²) >= 11 is 0. The molecule has 0 fully saturated rings. The highest BCUT2D eigenvalue weighted by molar-refractivity contribution is 5.81. The fourth-order valence-electron chi connectivity index (χ4n) is 3.28. The first-order valence-electron chi connectivity index (χ1n) is 8.27. The van der Waals surface area contributed by atoms with E-state index in [1.54, 1.807) is 0 Å². The van der Waals surface area contributed by atoms with Crippen molar-refractivity contribution in [2.45, 2.75) is 6.92 Å². The van der Waals surface area contributed by atoms with Crippen LogP contribution in [0.3, 0.4) is 0 Å². The molecule has 25 heavy (non-hydrogen) atoms. The van der Waals surface area contributed by atoms with Crippen LogP contribution < -0.4 is 0 Å². The maximum absolute atomic E-state index is 4.80. The zero-order chi connectivity index (χ0) is 16.8. The number of hydrogen-bond acceptors (Lipinski definition) is 2. The highest BCUT2D eigenvalue weighted by Gasteiger charge is 2.12. The summed E-state index contributed by atoms with van der Waals surface area (Å²) in [7, 11) is 0. The molecule has 3 aromatic heterocycles. The number of pyridine rings is 1. The van der Waals surface area contributed by atoms with Crippen LogP contribution in [-0.2, 0) is 0 Å². The van der Waals surface area contributed by atoms with Crippen molar-refractivity contribution < 1.29 is 0 Å². The zero-order valence-corrected chi connectivity index (χ0v) is 13.8. The summed E-state index contributed by atoms with van der Waals surface area (Å²) in [5.74, 6) is 0. The van der Waals surface area contributed by atoms with E-state index < -0.39 is 0 Å². The van der Waals surface area contributed by atoms with Gasteiger partial charge in [0, 0.05) is 18.0 Å². The summed E-state index contributed by atoms with van der Waals surface area (Å²) in [6.07, 6.45) is 6.06. The highest BCUT2D eigenvalue weighted by atomic mass is 15.1. The average molecular weight is 324 g/mol. The van der Waals surface area contributed by atoms with Crippen molar-refractivity contribution in [2.24, 2.45) is 0 Å². The van der Waals surface area contributed by atoms with Crippen LogP contribution in [0, 0.1) is 6.92 Å². The van der Waals surface area contributed by atoms with E-state index in [2.05, 4.69) is 57.5 Å². The lowest BCUT2D eigenvalue weighted by molar-refractivity contribution is 1.09. The van der Waals surface area contributed by atoms with E-state index in [1.807, 2.05) is 42.7 Å². The molecule has 5 rings (SSSR count). The number of aryl methyl sites for hydroxylation is 1. The Morgan fingerprint density at radius 1 is 0.840 bits per heavy atom. The van der Waals surface area contributed by atoms with Gasteiger partial charge < -0.3 is 4.40 Å². The highest BCUT2D eigenvalue weighted by Crippen LogP contribution is 2.28.